The van der Waals surface area contributed by atoms with Gasteiger partial charge < -0.3 is 10.2 Å². The van der Waals surface area contributed by atoms with Gasteiger partial charge in [0.05, 0.1) is 31.2 Å². The molecule has 0 radical (unpaired) electrons. The summed E-state index contributed by atoms with van der Waals surface area (Å²) in [5.41, 5.74) is 0.643. The van der Waals surface area contributed by atoms with Crippen molar-refractivity contribution in [2.75, 3.05) is 42.9 Å². The molecule has 11 nitrogen and oxygen atoms in total. The zero-order valence-electron chi connectivity index (χ0n) is 14.7. The van der Waals surface area contributed by atoms with E-state index in [0.29, 0.717) is 12.5 Å². The number of H-pyrrole nitrogens is 1. The number of nitrogens with one attached hydrogen (secondary N) is 2. The Morgan fingerprint density at radius 3 is 2.78 bits per heavy atom. The van der Waals surface area contributed by atoms with Crippen molar-refractivity contribution in [3.05, 3.63) is 35.3 Å². The molecule has 140 valence electrons. The van der Waals surface area contributed by atoms with Crippen molar-refractivity contribution in [2.24, 2.45) is 0 Å². The van der Waals surface area contributed by atoms with Crippen LogP contribution in [0.3, 0.4) is 0 Å². The van der Waals surface area contributed by atoms with E-state index in [2.05, 4.69) is 40.4 Å². The van der Waals surface area contributed by atoms with Crippen molar-refractivity contribution in [1.29, 1.82) is 0 Å². The Hall–Kier alpha value is -3.21. The van der Waals surface area contributed by atoms with Crippen molar-refractivity contribution < 1.29 is 0 Å². The number of hydrogen-bond donors (Lipinski definition) is 2. The molecule has 0 bridgehead atoms. The van der Waals surface area contributed by atoms with E-state index in [9.17, 15) is 4.79 Å². The van der Waals surface area contributed by atoms with Crippen molar-refractivity contribution in [3.8, 4) is 11.4 Å². The molecule has 3 aromatic heterocycles. The highest BCUT2D eigenvalue weighted by Crippen LogP contribution is 2.28. The lowest BCUT2D eigenvalue weighted by Gasteiger charge is -2.35. The molecule has 2 aliphatic heterocycles. The molecule has 0 atom stereocenters. The molecule has 3 aromatic rings. The van der Waals surface area contributed by atoms with Gasteiger partial charge in [0.1, 0.15) is 11.6 Å². The molecule has 5 heterocycles. The maximum absolute atomic E-state index is 11.7. The Balaban J connectivity index is 1.21. The average Bonchev–Trinajstić information content (AvgIpc) is 3.31. The van der Waals surface area contributed by atoms with Crippen LogP contribution in [-0.4, -0.2) is 72.1 Å². The Morgan fingerprint density at radius 2 is 1.96 bits per heavy atom. The number of aromatic amines is 1. The summed E-state index contributed by atoms with van der Waals surface area (Å²) in [5, 5.41) is 14.3. The Bertz CT molecular complexity index is 982. The van der Waals surface area contributed by atoms with E-state index in [4.69, 9.17) is 0 Å². The SMILES string of the molecule is O=c1[nH]nc2n1CNc1c-2cnn1CCN1CCN(c2cnccn2)CC1. The molecule has 5 rings (SSSR count). The van der Waals surface area contributed by atoms with Crippen molar-refractivity contribution in [2.45, 2.75) is 13.2 Å². The Labute approximate surface area is 154 Å². The van der Waals surface area contributed by atoms with Crippen molar-refractivity contribution >= 4 is 11.6 Å². The minimum absolute atomic E-state index is 0.211. The van der Waals surface area contributed by atoms with Crippen LogP contribution in [0.4, 0.5) is 11.6 Å². The number of hydrogen-bond acceptors (Lipinski definition) is 8. The number of anilines is 2. The second-order valence-electron chi connectivity index (χ2n) is 6.64. The smallest absolute Gasteiger partial charge is 0.345 e. The third-order valence-corrected chi connectivity index (χ3v) is 5.12. The summed E-state index contributed by atoms with van der Waals surface area (Å²) in [4.78, 5) is 24.9. The van der Waals surface area contributed by atoms with Crippen LogP contribution < -0.4 is 15.9 Å². The van der Waals surface area contributed by atoms with Crippen LogP contribution in [0.15, 0.2) is 29.6 Å². The molecular weight excluding hydrogens is 348 g/mol. The molecule has 1 saturated heterocycles. The van der Waals surface area contributed by atoms with Gasteiger partial charge in [-0.05, 0) is 0 Å². The van der Waals surface area contributed by atoms with E-state index in [-0.39, 0.29) is 5.69 Å². The normalized spacial score (nSPS) is 16.7. The minimum Gasteiger partial charge on any atom is -0.353 e. The van der Waals surface area contributed by atoms with Gasteiger partial charge in [-0.2, -0.15) is 10.2 Å². The van der Waals surface area contributed by atoms with Crippen LogP contribution in [0, 0.1) is 0 Å². The summed E-state index contributed by atoms with van der Waals surface area (Å²) in [5.74, 6) is 2.49. The molecule has 0 aliphatic carbocycles. The van der Waals surface area contributed by atoms with E-state index in [1.165, 1.54) is 0 Å². The average molecular weight is 368 g/mol. The molecule has 0 saturated carbocycles. The van der Waals surface area contributed by atoms with Gasteiger partial charge >= 0.3 is 5.69 Å². The van der Waals surface area contributed by atoms with Gasteiger partial charge in [-0.3, -0.25) is 14.5 Å². The number of aromatic nitrogens is 7. The van der Waals surface area contributed by atoms with Gasteiger partial charge in [0.15, 0.2) is 5.82 Å². The topological polar surface area (TPSA) is 113 Å². The zero-order valence-corrected chi connectivity index (χ0v) is 14.7. The number of nitrogens with zero attached hydrogens (tertiary/aromatic N) is 8. The lowest BCUT2D eigenvalue weighted by molar-refractivity contribution is 0.244. The molecule has 11 heteroatoms. The fraction of sp³-hybridized carbons (Fsp3) is 0.438. The van der Waals surface area contributed by atoms with Crippen LogP contribution in [0.25, 0.3) is 11.4 Å². The minimum atomic E-state index is -0.211. The van der Waals surface area contributed by atoms with Gasteiger partial charge in [0.25, 0.3) is 0 Å². The summed E-state index contributed by atoms with van der Waals surface area (Å²) in [7, 11) is 0. The second kappa shape index (κ2) is 6.50. The molecule has 2 N–H and O–H groups in total. The summed E-state index contributed by atoms with van der Waals surface area (Å²) >= 11 is 0. The van der Waals surface area contributed by atoms with E-state index >= 15 is 0 Å². The number of rotatable bonds is 4. The van der Waals surface area contributed by atoms with E-state index < -0.39 is 0 Å². The molecule has 2 aliphatic rings. The van der Waals surface area contributed by atoms with Gasteiger partial charge in [-0.25, -0.2) is 19.6 Å². The van der Waals surface area contributed by atoms with Crippen LogP contribution >= 0.6 is 0 Å². The van der Waals surface area contributed by atoms with Crippen molar-refractivity contribution in [1.82, 2.24) is 39.4 Å². The maximum atomic E-state index is 11.7. The molecule has 0 spiro atoms. The molecule has 1 fully saturated rings. The summed E-state index contributed by atoms with van der Waals surface area (Å²) in [6.07, 6.45) is 7.00. The highest BCUT2D eigenvalue weighted by Gasteiger charge is 2.24. The van der Waals surface area contributed by atoms with Crippen molar-refractivity contribution in [3.63, 3.8) is 0 Å². The predicted molar refractivity (Wildman–Crippen MR) is 98.4 cm³/mol. The first kappa shape index (κ1) is 16.0. The summed E-state index contributed by atoms with van der Waals surface area (Å²) < 4.78 is 3.52. The van der Waals surface area contributed by atoms with E-state index in [1.54, 1.807) is 23.2 Å². The monoisotopic (exact) mass is 368 g/mol. The number of fused-ring (bicyclic) bond motifs is 3. The fourth-order valence-corrected chi connectivity index (χ4v) is 3.62. The van der Waals surface area contributed by atoms with E-state index in [0.717, 1.165) is 56.5 Å². The largest absolute Gasteiger partial charge is 0.353 e. The second-order valence-corrected chi connectivity index (χ2v) is 6.64. The molecular formula is C16H20N10O. The summed E-state index contributed by atoms with van der Waals surface area (Å²) in [6, 6.07) is 0. The van der Waals surface area contributed by atoms with Gasteiger partial charge in [0, 0.05) is 45.1 Å². The van der Waals surface area contributed by atoms with E-state index in [1.807, 2.05) is 10.9 Å². The molecule has 27 heavy (non-hydrogen) atoms. The predicted octanol–water partition coefficient (Wildman–Crippen LogP) is -0.570. The number of piperazine rings is 1. The third-order valence-electron chi connectivity index (χ3n) is 5.12. The lowest BCUT2D eigenvalue weighted by Crippen LogP contribution is -2.47. The first-order valence-corrected chi connectivity index (χ1v) is 8.98. The standard InChI is InChI=1S/C16H20N10O/c27-16-22-21-15-12-9-20-26(14(12)19-11-25(15)16)8-5-23-3-6-24(7-4-23)13-10-17-1-2-18-13/h1-2,9-10,19H,3-8,11H2,(H,22,27). The van der Waals surface area contributed by atoms with Crippen LogP contribution in [0.1, 0.15) is 0 Å². The first-order chi connectivity index (χ1) is 13.3. The Morgan fingerprint density at radius 1 is 1.07 bits per heavy atom. The quantitative estimate of drug-likeness (QED) is 0.630. The Kier molecular flexibility index (Phi) is 3.85. The van der Waals surface area contributed by atoms with Gasteiger partial charge in [-0.15, -0.1) is 0 Å². The molecule has 0 unspecified atom stereocenters. The zero-order chi connectivity index (χ0) is 18.2. The van der Waals surface area contributed by atoms with Crippen LogP contribution in [0.5, 0.6) is 0 Å². The lowest BCUT2D eigenvalue weighted by atomic mass is 10.2. The third kappa shape index (κ3) is 2.85. The molecule has 0 aromatic carbocycles. The molecule has 0 amide bonds. The fourth-order valence-electron chi connectivity index (χ4n) is 3.62. The maximum Gasteiger partial charge on any atom is 0.345 e. The first-order valence-electron chi connectivity index (χ1n) is 8.98. The van der Waals surface area contributed by atoms with Crippen LogP contribution in [-0.2, 0) is 13.2 Å². The highest BCUT2D eigenvalue weighted by atomic mass is 16.1. The van der Waals surface area contributed by atoms with Gasteiger partial charge in [0.2, 0.25) is 0 Å². The summed E-state index contributed by atoms with van der Waals surface area (Å²) in [6.45, 7) is 5.93. The van der Waals surface area contributed by atoms with Gasteiger partial charge in [-0.1, -0.05) is 0 Å². The highest BCUT2D eigenvalue weighted by molar-refractivity contribution is 5.71. The van der Waals surface area contributed by atoms with Crippen LogP contribution in [0.2, 0.25) is 0 Å².